The molecule has 0 amide bonds. The van der Waals surface area contributed by atoms with Gasteiger partial charge in [0.15, 0.2) is 5.16 Å². The Morgan fingerprint density at radius 2 is 1.81 bits per heavy atom. The van der Waals surface area contributed by atoms with Crippen LogP contribution in [0, 0.1) is 5.41 Å². The first-order valence-electron chi connectivity index (χ1n) is 8.12. The van der Waals surface area contributed by atoms with Gasteiger partial charge in [0.1, 0.15) is 11.6 Å². The molecular weight excluding hydrogens is 280 g/mol. The summed E-state index contributed by atoms with van der Waals surface area (Å²) in [5.41, 5.74) is 0.474. The van der Waals surface area contributed by atoms with Gasteiger partial charge in [0.2, 0.25) is 0 Å². The van der Waals surface area contributed by atoms with Crippen LogP contribution >= 0.6 is 11.8 Å². The smallest absolute Gasteiger partial charge is 0.191 e. The standard InChI is InChI=1S/C16H28N4S/c1-4-10-17-13-11-14(20-15(19-13)21-3)18-12-16(5-2)8-6-7-9-16/h11H,4-10,12H2,1-3H3,(H2,17,18,19,20). The lowest BCUT2D eigenvalue weighted by Gasteiger charge is -2.28. The van der Waals surface area contributed by atoms with Gasteiger partial charge in [0.05, 0.1) is 0 Å². The Morgan fingerprint density at radius 3 is 2.38 bits per heavy atom. The first kappa shape index (κ1) is 16.4. The molecule has 0 aromatic carbocycles. The topological polar surface area (TPSA) is 49.8 Å². The van der Waals surface area contributed by atoms with Gasteiger partial charge in [-0.05, 0) is 37.4 Å². The van der Waals surface area contributed by atoms with Crippen LogP contribution in [0.1, 0.15) is 52.4 Å². The lowest BCUT2D eigenvalue weighted by atomic mass is 9.83. The van der Waals surface area contributed by atoms with E-state index in [1.54, 1.807) is 11.8 Å². The lowest BCUT2D eigenvalue weighted by Crippen LogP contribution is -2.26. The minimum absolute atomic E-state index is 0.474. The van der Waals surface area contributed by atoms with Crippen molar-refractivity contribution in [3.63, 3.8) is 0 Å². The molecule has 0 unspecified atom stereocenters. The van der Waals surface area contributed by atoms with Crippen LogP contribution in [0.5, 0.6) is 0 Å². The van der Waals surface area contributed by atoms with Gasteiger partial charge in [-0.3, -0.25) is 0 Å². The highest BCUT2D eigenvalue weighted by atomic mass is 32.2. The quantitative estimate of drug-likeness (QED) is 0.550. The average Bonchev–Trinajstić information content (AvgIpc) is 3.00. The van der Waals surface area contributed by atoms with Crippen LogP contribution in [-0.2, 0) is 0 Å². The maximum Gasteiger partial charge on any atom is 0.191 e. The van der Waals surface area contributed by atoms with Crippen molar-refractivity contribution in [1.29, 1.82) is 0 Å². The predicted molar refractivity (Wildman–Crippen MR) is 92.3 cm³/mol. The Hall–Kier alpha value is -0.970. The number of nitrogens with zero attached hydrogens (tertiary/aromatic N) is 2. The molecule has 0 atom stereocenters. The zero-order valence-corrected chi connectivity index (χ0v) is 14.4. The molecule has 0 bridgehead atoms. The minimum atomic E-state index is 0.474. The van der Waals surface area contributed by atoms with Crippen LogP contribution in [-0.4, -0.2) is 29.3 Å². The highest BCUT2D eigenvalue weighted by molar-refractivity contribution is 7.98. The molecule has 0 aliphatic heterocycles. The molecule has 1 fully saturated rings. The van der Waals surface area contributed by atoms with E-state index in [1.807, 2.05) is 12.3 Å². The Morgan fingerprint density at radius 1 is 1.14 bits per heavy atom. The summed E-state index contributed by atoms with van der Waals surface area (Å²) < 4.78 is 0. The van der Waals surface area contributed by atoms with Gasteiger partial charge in [0, 0.05) is 19.2 Å². The summed E-state index contributed by atoms with van der Waals surface area (Å²) in [6.45, 7) is 6.45. The van der Waals surface area contributed by atoms with Crippen LogP contribution in [0.3, 0.4) is 0 Å². The normalized spacial score (nSPS) is 16.9. The van der Waals surface area contributed by atoms with Crippen molar-refractivity contribution in [2.75, 3.05) is 30.0 Å². The van der Waals surface area contributed by atoms with E-state index in [2.05, 4.69) is 34.4 Å². The maximum atomic E-state index is 4.59. The highest BCUT2D eigenvalue weighted by Crippen LogP contribution is 2.40. The molecule has 0 saturated heterocycles. The third-order valence-electron chi connectivity index (χ3n) is 4.50. The number of hydrogen-bond acceptors (Lipinski definition) is 5. The zero-order chi connectivity index (χ0) is 15.1. The second kappa shape index (κ2) is 7.87. The van der Waals surface area contributed by atoms with Gasteiger partial charge in [-0.25, -0.2) is 9.97 Å². The molecule has 5 heteroatoms. The second-order valence-electron chi connectivity index (χ2n) is 5.97. The Bertz CT molecular complexity index is 444. The molecule has 0 spiro atoms. The van der Waals surface area contributed by atoms with Crippen molar-refractivity contribution >= 4 is 23.4 Å². The molecule has 1 aromatic rings. The fraction of sp³-hybridized carbons (Fsp3) is 0.750. The van der Waals surface area contributed by atoms with Crippen molar-refractivity contribution in [3.05, 3.63) is 6.07 Å². The summed E-state index contributed by atoms with van der Waals surface area (Å²) in [6, 6.07) is 2.04. The minimum Gasteiger partial charge on any atom is -0.370 e. The molecule has 2 N–H and O–H groups in total. The summed E-state index contributed by atoms with van der Waals surface area (Å²) >= 11 is 1.59. The third-order valence-corrected chi connectivity index (χ3v) is 5.05. The molecule has 1 aromatic heterocycles. The molecular formula is C16H28N4S. The van der Waals surface area contributed by atoms with Crippen LogP contribution in [0.15, 0.2) is 11.2 Å². The molecule has 2 rings (SSSR count). The largest absolute Gasteiger partial charge is 0.370 e. The number of hydrogen-bond donors (Lipinski definition) is 2. The fourth-order valence-corrected chi connectivity index (χ4v) is 3.39. The third kappa shape index (κ3) is 4.50. The monoisotopic (exact) mass is 308 g/mol. The Kier molecular flexibility index (Phi) is 6.15. The number of aromatic nitrogens is 2. The van der Waals surface area contributed by atoms with E-state index in [0.29, 0.717) is 5.41 Å². The summed E-state index contributed by atoms with van der Waals surface area (Å²) in [5, 5.41) is 7.75. The van der Waals surface area contributed by atoms with Crippen molar-refractivity contribution in [3.8, 4) is 0 Å². The van der Waals surface area contributed by atoms with Crippen LogP contribution in [0.4, 0.5) is 11.6 Å². The van der Waals surface area contributed by atoms with Crippen molar-refractivity contribution in [2.45, 2.75) is 57.5 Å². The number of rotatable bonds is 8. The Balaban J connectivity index is 2.04. The van der Waals surface area contributed by atoms with Gasteiger partial charge < -0.3 is 10.6 Å². The van der Waals surface area contributed by atoms with Gasteiger partial charge in [-0.2, -0.15) is 0 Å². The molecule has 1 saturated carbocycles. The molecule has 1 heterocycles. The van der Waals surface area contributed by atoms with Crippen LogP contribution in [0.25, 0.3) is 0 Å². The SMILES string of the molecule is CCCNc1cc(NCC2(CC)CCCC2)nc(SC)n1. The maximum absolute atomic E-state index is 4.59. The number of nitrogens with one attached hydrogen (secondary N) is 2. The molecule has 1 aliphatic rings. The zero-order valence-electron chi connectivity index (χ0n) is 13.5. The predicted octanol–water partition coefficient (Wildman–Crippen LogP) is 4.40. The van der Waals surface area contributed by atoms with E-state index < -0.39 is 0 Å². The molecule has 4 nitrogen and oxygen atoms in total. The fourth-order valence-electron chi connectivity index (χ4n) is 3.01. The van der Waals surface area contributed by atoms with Gasteiger partial charge >= 0.3 is 0 Å². The van der Waals surface area contributed by atoms with Crippen molar-refractivity contribution in [1.82, 2.24) is 9.97 Å². The lowest BCUT2D eigenvalue weighted by molar-refractivity contribution is 0.306. The number of anilines is 2. The van der Waals surface area contributed by atoms with E-state index in [-0.39, 0.29) is 0 Å². The molecule has 0 radical (unpaired) electrons. The van der Waals surface area contributed by atoms with E-state index in [9.17, 15) is 0 Å². The van der Waals surface area contributed by atoms with E-state index in [1.165, 1.54) is 32.1 Å². The molecule has 21 heavy (non-hydrogen) atoms. The summed E-state index contributed by atoms with van der Waals surface area (Å²) in [7, 11) is 0. The summed E-state index contributed by atoms with van der Waals surface area (Å²) in [6.07, 6.45) is 9.81. The molecule has 118 valence electrons. The summed E-state index contributed by atoms with van der Waals surface area (Å²) in [4.78, 5) is 9.09. The van der Waals surface area contributed by atoms with Crippen molar-refractivity contribution < 1.29 is 0 Å². The van der Waals surface area contributed by atoms with Crippen LogP contribution < -0.4 is 10.6 Å². The van der Waals surface area contributed by atoms with E-state index >= 15 is 0 Å². The number of thioether (sulfide) groups is 1. The van der Waals surface area contributed by atoms with Crippen LogP contribution in [0.2, 0.25) is 0 Å². The summed E-state index contributed by atoms with van der Waals surface area (Å²) in [5.74, 6) is 1.88. The van der Waals surface area contributed by atoms with Crippen molar-refractivity contribution in [2.24, 2.45) is 5.41 Å². The molecule has 1 aliphatic carbocycles. The van der Waals surface area contributed by atoms with Gasteiger partial charge in [-0.1, -0.05) is 38.5 Å². The Labute approximate surface area is 132 Å². The first-order chi connectivity index (χ1) is 10.2. The van der Waals surface area contributed by atoms with Gasteiger partial charge in [0.25, 0.3) is 0 Å². The van der Waals surface area contributed by atoms with E-state index in [4.69, 9.17) is 0 Å². The highest BCUT2D eigenvalue weighted by Gasteiger charge is 2.31. The second-order valence-corrected chi connectivity index (χ2v) is 6.74. The average molecular weight is 308 g/mol. The first-order valence-corrected chi connectivity index (χ1v) is 9.34. The van der Waals surface area contributed by atoms with E-state index in [0.717, 1.165) is 36.3 Å². The van der Waals surface area contributed by atoms with Gasteiger partial charge in [-0.15, -0.1) is 0 Å².